The summed E-state index contributed by atoms with van der Waals surface area (Å²) in [4.78, 5) is 97.1. The molecule has 0 radical (unpaired) electrons. The SMILES string of the molecule is Cc1c(-c2ccc3c(c2OCC(=O)N2CCN(CCn4c(C(=O)O)c(CCCOc5cccc6ccccc56)c5ccccc54)CC2)C(=O)N(C2CCC(=O)NC2=O)C3=O)c(COc2ccc(Br)c(C=O)c2)nn1C. The first kappa shape index (κ1) is 50.4. The third-order valence-corrected chi connectivity index (χ3v) is 15.0. The molecule has 3 aliphatic rings. The molecule has 10 rings (SSSR count). The predicted molar refractivity (Wildman–Crippen MR) is 279 cm³/mol. The number of amides is 5. The first-order chi connectivity index (χ1) is 36.3. The molecule has 19 heteroatoms. The number of piperazine rings is 1. The zero-order valence-corrected chi connectivity index (χ0v) is 42.8. The number of piperidine rings is 1. The fourth-order valence-corrected chi connectivity index (χ4v) is 10.7. The van der Waals surface area contributed by atoms with E-state index >= 15 is 0 Å². The summed E-state index contributed by atoms with van der Waals surface area (Å²) in [7, 11) is 1.73. The molecule has 1 atom stereocenters. The van der Waals surface area contributed by atoms with Crippen molar-refractivity contribution in [2.24, 2.45) is 7.05 Å². The number of nitrogens with one attached hydrogen (secondary N) is 1. The van der Waals surface area contributed by atoms with Crippen molar-refractivity contribution in [2.75, 3.05) is 45.9 Å². The van der Waals surface area contributed by atoms with Crippen LogP contribution in [0.2, 0.25) is 0 Å². The van der Waals surface area contributed by atoms with Crippen LogP contribution in [0.5, 0.6) is 17.2 Å². The minimum Gasteiger partial charge on any atom is -0.493 e. The molecule has 0 saturated carbocycles. The number of aryl methyl sites for hydroxylation is 2. The second-order valence-corrected chi connectivity index (χ2v) is 19.5. The molecule has 384 valence electrons. The Morgan fingerprint density at radius 3 is 2.36 bits per heavy atom. The molecule has 2 fully saturated rings. The van der Waals surface area contributed by atoms with Gasteiger partial charge >= 0.3 is 5.97 Å². The summed E-state index contributed by atoms with van der Waals surface area (Å²) >= 11 is 3.36. The first-order valence-electron chi connectivity index (χ1n) is 24.7. The van der Waals surface area contributed by atoms with Gasteiger partial charge in [-0.05, 0) is 79.6 Å². The molecule has 2 N–H and O–H groups in total. The lowest BCUT2D eigenvalue weighted by molar-refractivity contribution is -0.136. The Hall–Kier alpha value is -8.16. The Bertz CT molecular complexity index is 3460. The highest BCUT2D eigenvalue weighted by Crippen LogP contribution is 2.43. The van der Waals surface area contributed by atoms with E-state index in [-0.39, 0.29) is 47.9 Å². The molecule has 2 aromatic heterocycles. The van der Waals surface area contributed by atoms with Gasteiger partial charge in [-0.2, -0.15) is 5.10 Å². The number of carbonyl (C=O) groups is 7. The summed E-state index contributed by atoms with van der Waals surface area (Å²) in [5.41, 5.74) is 4.00. The van der Waals surface area contributed by atoms with Crippen LogP contribution < -0.4 is 19.5 Å². The molecular formula is C56H52BrN7O11. The molecule has 5 aromatic carbocycles. The van der Waals surface area contributed by atoms with Crippen molar-refractivity contribution in [1.82, 2.24) is 34.4 Å². The monoisotopic (exact) mass is 1080 g/mol. The lowest BCUT2D eigenvalue weighted by Crippen LogP contribution is -2.54. The number of carbonyl (C=O) groups excluding carboxylic acids is 6. The van der Waals surface area contributed by atoms with Gasteiger partial charge in [0.2, 0.25) is 11.8 Å². The Balaban J connectivity index is 0.840. The van der Waals surface area contributed by atoms with Gasteiger partial charge in [-0.3, -0.25) is 48.6 Å². The van der Waals surface area contributed by atoms with Gasteiger partial charge in [0.15, 0.2) is 12.9 Å². The minimum atomic E-state index is -1.24. The van der Waals surface area contributed by atoms with E-state index in [1.54, 1.807) is 40.9 Å². The van der Waals surface area contributed by atoms with Gasteiger partial charge in [0.25, 0.3) is 17.7 Å². The number of fused-ring (bicyclic) bond motifs is 3. The van der Waals surface area contributed by atoms with Crippen molar-refractivity contribution in [1.29, 1.82) is 0 Å². The van der Waals surface area contributed by atoms with Crippen molar-refractivity contribution < 1.29 is 52.9 Å². The fraction of sp³-hybridized carbons (Fsp3) is 0.286. The van der Waals surface area contributed by atoms with Crippen LogP contribution in [-0.4, -0.2) is 128 Å². The largest absolute Gasteiger partial charge is 0.493 e. The minimum absolute atomic E-state index is 0.0281. The van der Waals surface area contributed by atoms with Crippen LogP contribution in [0.4, 0.5) is 0 Å². The molecule has 7 aromatic rings. The van der Waals surface area contributed by atoms with Crippen molar-refractivity contribution in [3.63, 3.8) is 0 Å². The fourth-order valence-electron chi connectivity index (χ4n) is 10.4. The van der Waals surface area contributed by atoms with Gasteiger partial charge in [0.05, 0.1) is 17.7 Å². The first-order valence-corrected chi connectivity index (χ1v) is 25.5. The van der Waals surface area contributed by atoms with Crippen LogP contribution >= 0.6 is 15.9 Å². The molecular weight excluding hydrogens is 1030 g/mol. The van der Waals surface area contributed by atoms with Crippen LogP contribution in [0.25, 0.3) is 32.8 Å². The summed E-state index contributed by atoms with van der Waals surface area (Å²) in [5, 5.41) is 20.5. The van der Waals surface area contributed by atoms with Crippen LogP contribution in [-0.2, 0) is 41.0 Å². The van der Waals surface area contributed by atoms with Crippen LogP contribution in [0.15, 0.2) is 102 Å². The number of carboxylic acids is 1. The second kappa shape index (κ2) is 21.4. The summed E-state index contributed by atoms with van der Waals surface area (Å²) in [5.74, 6) is -3.07. The van der Waals surface area contributed by atoms with Gasteiger partial charge in [-0.15, -0.1) is 0 Å². The van der Waals surface area contributed by atoms with Gasteiger partial charge in [0.1, 0.15) is 41.3 Å². The number of rotatable bonds is 18. The number of ether oxygens (including phenoxy) is 3. The molecule has 18 nitrogen and oxygen atoms in total. The number of benzene rings is 5. The Kier molecular flexibility index (Phi) is 14.3. The molecule has 0 aliphatic carbocycles. The third-order valence-electron chi connectivity index (χ3n) is 14.3. The average molecular weight is 1080 g/mol. The van der Waals surface area contributed by atoms with E-state index in [0.29, 0.717) is 103 Å². The highest BCUT2D eigenvalue weighted by Gasteiger charge is 2.47. The quantitative estimate of drug-likeness (QED) is 0.0505. The molecule has 2 saturated heterocycles. The van der Waals surface area contributed by atoms with Gasteiger partial charge in [-0.1, -0.05) is 70.5 Å². The highest BCUT2D eigenvalue weighted by atomic mass is 79.9. The molecule has 3 aliphatic heterocycles. The zero-order chi connectivity index (χ0) is 52.5. The number of carboxylic acid groups (broad SMARTS) is 1. The number of aromatic carboxylic acids is 1. The van der Waals surface area contributed by atoms with E-state index in [4.69, 9.17) is 19.3 Å². The number of hydrogen-bond donors (Lipinski definition) is 2. The number of aldehydes is 1. The average Bonchev–Trinajstić information content (AvgIpc) is 4.00. The molecule has 0 bridgehead atoms. The van der Waals surface area contributed by atoms with Crippen LogP contribution in [0, 0.1) is 6.92 Å². The van der Waals surface area contributed by atoms with Crippen molar-refractivity contribution in [3.05, 3.63) is 141 Å². The molecule has 0 spiro atoms. The topological polar surface area (TPSA) is 212 Å². The van der Waals surface area contributed by atoms with Crippen LogP contribution in [0.1, 0.15) is 77.8 Å². The van der Waals surface area contributed by atoms with Gasteiger partial charge in [-0.25, -0.2) is 4.79 Å². The number of halogens is 1. The Morgan fingerprint density at radius 2 is 1.59 bits per heavy atom. The molecule has 5 heterocycles. The highest BCUT2D eigenvalue weighted by molar-refractivity contribution is 9.10. The Labute approximate surface area is 438 Å². The lowest BCUT2D eigenvalue weighted by Gasteiger charge is -2.35. The molecule has 1 unspecified atom stereocenters. The number of hydrogen-bond acceptors (Lipinski definition) is 12. The number of nitrogens with zero attached hydrogens (tertiary/aromatic N) is 6. The third kappa shape index (κ3) is 9.88. The van der Waals surface area contributed by atoms with Gasteiger partial charge in [0, 0.05) is 95.9 Å². The molecule has 5 amide bonds. The zero-order valence-electron chi connectivity index (χ0n) is 41.2. The van der Waals surface area contributed by atoms with E-state index in [9.17, 15) is 38.7 Å². The van der Waals surface area contributed by atoms with E-state index in [2.05, 4.69) is 26.1 Å². The van der Waals surface area contributed by atoms with Gasteiger partial charge < -0.3 is 28.8 Å². The number of aromatic nitrogens is 3. The van der Waals surface area contributed by atoms with Crippen LogP contribution in [0.3, 0.4) is 0 Å². The van der Waals surface area contributed by atoms with Crippen molar-refractivity contribution >= 4 is 79.4 Å². The second-order valence-electron chi connectivity index (χ2n) is 18.7. The maximum Gasteiger partial charge on any atom is 0.352 e. The van der Waals surface area contributed by atoms with E-state index in [0.717, 1.165) is 37.9 Å². The summed E-state index contributed by atoms with van der Waals surface area (Å²) < 4.78 is 22.8. The summed E-state index contributed by atoms with van der Waals surface area (Å²) in [6.45, 7) is 4.25. The lowest BCUT2D eigenvalue weighted by atomic mass is 9.96. The number of para-hydroxylation sites is 1. The molecule has 75 heavy (non-hydrogen) atoms. The van der Waals surface area contributed by atoms with E-state index in [1.165, 1.54) is 6.07 Å². The summed E-state index contributed by atoms with van der Waals surface area (Å²) in [6, 6.07) is 28.5. The maximum absolute atomic E-state index is 14.5. The maximum atomic E-state index is 14.5. The number of imide groups is 2. The predicted octanol–water partition coefficient (Wildman–Crippen LogP) is 6.99. The standard InChI is InChI=1S/C56H52BrN7O11/c1-33-49(43(59-60(33)2)31-74-36-16-19-42(57)35(29-36)30-65)40-17-18-41-50(55(70)64(54(41)69)45-20-21-47(66)58-53(45)68)52(40)75-32-48(67)62-25-22-61(23-26-62)24-27-63-44-14-6-5-12-38(44)39(51(63)56(71)72)13-8-28-73-46-15-7-10-34-9-3-4-11-37(34)46/h3-7,9-12,14-19,29-30,45H,8,13,20-28,31-32H2,1-2H3,(H,71,72)(H,58,66,68). The normalized spacial score (nSPS) is 15.9. The van der Waals surface area contributed by atoms with E-state index in [1.807, 2.05) is 78.2 Å². The van der Waals surface area contributed by atoms with E-state index < -0.39 is 42.2 Å². The van der Waals surface area contributed by atoms with Crippen molar-refractivity contribution in [3.8, 4) is 28.4 Å². The van der Waals surface area contributed by atoms with Crippen molar-refractivity contribution in [2.45, 2.75) is 51.8 Å². The summed E-state index contributed by atoms with van der Waals surface area (Å²) in [6.07, 6.45) is 1.70. The smallest absolute Gasteiger partial charge is 0.352 e. The Morgan fingerprint density at radius 1 is 0.840 bits per heavy atom.